The SMILES string of the molecule is CCC(C)N(CC(=O)O)C(=O)N(CC)CCCN(C)C. The Morgan fingerprint density at radius 1 is 1.15 bits per heavy atom. The van der Waals surface area contributed by atoms with Gasteiger partial charge in [0.2, 0.25) is 0 Å². The lowest BCUT2D eigenvalue weighted by atomic mass is 10.2. The first-order valence-electron chi connectivity index (χ1n) is 7.25. The zero-order chi connectivity index (χ0) is 15.7. The summed E-state index contributed by atoms with van der Waals surface area (Å²) in [7, 11) is 3.99. The molecule has 0 aliphatic rings. The van der Waals surface area contributed by atoms with Crippen molar-refractivity contribution in [2.24, 2.45) is 0 Å². The molecule has 0 aromatic heterocycles. The van der Waals surface area contributed by atoms with Crippen LogP contribution in [0.4, 0.5) is 4.79 Å². The molecule has 6 heteroatoms. The second-order valence-electron chi connectivity index (χ2n) is 5.30. The Balaban J connectivity index is 4.68. The van der Waals surface area contributed by atoms with Crippen molar-refractivity contribution in [3.8, 4) is 0 Å². The number of aliphatic carboxylic acids is 1. The van der Waals surface area contributed by atoms with Gasteiger partial charge in [-0.3, -0.25) is 4.79 Å². The smallest absolute Gasteiger partial charge is 0.323 e. The highest BCUT2D eigenvalue weighted by atomic mass is 16.4. The van der Waals surface area contributed by atoms with Crippen LogP contribution in [0.1, 0.15) is 33.6 Å². The highest BCUT2D eigenvalue weighted by Gasteiger charge is 2.25. The fourth-order valence-electron chi connectivity index (χ4n) is 1.93. The first-order valence-corrected chi connectivity index (χ1v) is 7.25. The largest absolute Gasteiger partial charge is 0.480 e. The number of carbonyl (C=O) groups excluding carboxylic acids is 1. The van der Waals surface area contributed by atoms with Crippen LogP contribution in [0.15, 0.2) is 0 Å². The summed E-state index contributed by atoms with van der Waals surface area (Å²) in [5, 5.41) is 8.96. The van der Waals surface area contributed by atoms with E-state index in [0.29, 0.717) is 13.1 Å². The van der Waals surface area contributed by atoms with E-state index >= 15 is 0 Å². The predicted molar refractivity (Wildman–Crippen MR) is 79.9 cm³/mol. The van der Waals surface area contributed by atoms with Crippen molar-refractivity contribution in [1.29, 1.82) is 0 Å². The van der Waals surface area contributed by atoms with Crippen LogP contribution in [-0.4, -0.2) is 78.1 Å². The number of rotatable bonds is 9. The van der Waals surface area contributed by atoms with E-state index in [9.17, 15) is 9.59 Å². The number of hydrogen-bond donors (Lipinski definition) is 1. The molecule has 6 nitrogen and oxygen atoms in total. The Morgan fingerprint density at radius 3 is 2.15 bits per heavy atom. The van der Waals surface area contributed by atoms with Gasteiger partial charge < -0.3 is 19.8 Å². The van der Waals surface area contributed by atoms with Crippen molar-refractivity contribution >= 4 is 12.0 Å². The molecule has 1 unspecified atom stereocenters. The highest BCUT2D eigenvalue weighted by molar-refractivity contribution is 5.80. The number of nitrogens with zero attached hydrogens (tertiary/aromatic N) is 3. The molecule has 0 aromatic rings. The fraction of sp³-hybridized carbons (Fsp3) is 0.857. The Labute approximate surface area is 122 Å². The second kappa shape index (κ2) is 9.58. The molecule has 0 spiro atoms. The van der Waals surface area contributed by atoms with E-state index in [4.69, 9.17) is 5.11 Å². The van der Waals surface area contributed by atoms with E-state index in [1.54, 1.807) is 4.90 Å². The van der Waals surface area contributed by atoms with Crippen LogP contribution < -0.4 is 0 Å². The van der Waals surface area contributed by atoms with Crippen molar-refractivity contribution < 1.29 is 14.7 Å². The Morgan fingerprint density at radius 2 is 1.75 bits per heavy atom. The summed E-state index contributed by atoms with van der Waals surface area (Å²) < 4.78 is 0. The van der Waals surface area contributed by atoms with Gasteiger partial charge in [0.15, 0.2) is 0 Å². The fourth-order valence-corrected chi connectivity index (χ4v) is 1.93. The number of amides is 2. The number of carboxylic acid groups (broad SMARTS) is 1. The summed E-state index contributed by atoms with van der Waals surface area (Å²) in [5.41, 5.74) is 0. The number of urea groups is 1. The third-order valence-corrected chi connectivity index (χ3v) is 3.36. The van der Waals surface area contributed by atoms with Crippen LogP contribution in [-0.2, 0) is 4.79 Å². The molecule has 0 aliphatic carbocycles. The van der Waals surface area contributed by atoms with Gasteiger partial charge in [-0.15, -0.1) is 0 Å². The first-order chi connectivity index (χ1) is 9.33. The quantitative estimate of drug-likeness (QED) is 0.699. The van der Waals surface area contributed by atoms with Gasteiger partial charge >= 0.3 is 12.0 Å². The summed E-state index contributed by atoms with van der Waals surface area (Å²) in [5.74, 6) is -0.969. The van der Waals surface area contributed by atoms with E-state index < -0.39 is 5.97 Å². The van der Waals surface area contributed by atoms with Gasteiger partial charge in [0.05, 0.1) is 0 Å². The standard InChI is InChI=1S/C14H29N3O3/c1-6-12(3)17(11-13(18)19)14(20)16(7-2)10-8-9-15(4)5/h12H,6-11H2,1-5H3,(H,18,19). The molecule has 0 saturated carbocycles. The molecule has 2 amide bonds. The average Bonchev–Trinajstić information content (AvgIpc) is 2.38. The lowest BCUT2D eigenvalue weighted by Crippen LogP contribution is -2.49. The molecule has 0 fully saturated rings. The number of carbonyl (C=O) groups is 2. The van der Waals surface area contributed by atoms with Gasteiger partial charge in [-0.05, 0) is 47.3 Å². The Hall–Kier alpha value is -1.30. The molecule has 0 heterocycles. The first kappa shape index (κ1) is 18.7. The minimum atomic E-state index is -0.969. The molecule has 1 N–H and O–H groups in total. The molecule has 0 rings (SSSR count). The van der Waals surface area contributed by atoms with Crippen LogP contribution in [0.2, 0.25) is 0 Å². The zero-order valence-electron chi connectivity index (χ0n) is 13.4. The lowest BCUT2D eigenvalue weighted by molar-refractivity contribution is -0.138. The van der Waals surface area contributed by atoms with Gasteiger partial charge in [-0.1, -0.05) is 6.92 Å². The summed E-state index contributed by atoms with van der Waals surface area (Å²) >= 11 is 0. The normalized spacial score (nSPS) is 12.3. The van der Waals surface area contributed by atoms with Gasteiger partial charge in [-0.2, -0.15) is 0 Å². The third-order valence-electron chi connectivity index (χ3n) is 3.36. The Bertz CT molecular complexity index is 308. The maximum Gasteiger partial charge on any atom is 0.323 e. The summed E-state index contributed by atoms with van der Waals surface area (Å²) in [4.78, 5) is 28.6. The molecule has 20 heavy (non-hydrogen) atoms. The topological polar surface area (TPSA) is 64.1 Å². The van der Waals surface area contributed by atoms with Crippen molar-refractivity contribution in [2.45, 2.75) is 39.7 Å². The predicted octanol–water partition coefficient (Wildman–Crippen LogP) is 1.57. The van der Waals surface area contributed by atoms with E-state index in [0.717, 1.165) is 19.4 Å². The van der Waals surface area contributed by atoms with E-state index in [1.165, 1.54) is 4.90 Å². The summed E-state index contributed by atoms with van der Waals surface area (Å²) in [6, 6.07) is -0.246. The number of hydrogen-bond acceptors (Lipinski definition) is 3. The van der Waals surface area contributed by atoms with Gasteiger partial charge in [0.25, 0.3) is 0 Å². The molecule has 0 bridgehead atoms. The molecular formula is C14H29N3O3. The number of carboxylic acids is 1. The van der Waals surface area contributed by atoms with Crippen molar-refractivity contribution in [3.05, 3.63) is 0 Å². The highest BCUT2D eigenvalue weighted by Crippen LogP contribution is 2.08. The van der Waals surface area contributed by atoms with Gasteiger partial charge in [0.1, 0.15) is 6.54 Å². The molecule has 0 saturated heterocycles. The van der Waals surface area contributed by atoms with E-state index in [1.807, 2.05) is 34.9 Å². The monoisotopic (exact) mass is 287 g/mol. The van der Waals surface area contributed by atoms with Crippen LogP contribution in [0.25, 0.3) is 0 Å². The average molecular weight is 287 g/mol. The minimum Gasteiger partial charge on any atom is -0.480 e. The third kappa shape index (κ3) is 6.75. The molecule has 118 valence electrons. The summed E-state index contributed by atoms with van der Waals surface area (Å²) in [6.45, 7) is 7.68. The van der Waals surface area contributed by atoms with Crippen LogP contribution in [0.3, 0.4) is 0 Å². The molecule has 0 aliphatic heterocycles. The van der Waals surface area contributed by atoms with Gasteiger partial charge in [0, 0.05) is 19.1 Å². The van der Waals surface area contributed by atoms with Crippen molar-refractivity contribution in [2.75, 3.05) is 40.3 Å². The maximum absolute atomic E-state index is 12.5. The minimum absolute atomic E-state index is 0.0681. The summed E-state index contributed by atoms with van der Waals surface area (Å²) in [6.07, 6.45) is 1.63. The van der Waals surface area contributed by atoms with Crippen LogP contribution in [0, 0.1) is 0 Å². The maximum atomic E-state index is 12.5. The van der Waals surface area contributed by atoms with Crippen LogP contribution in [0.5, 0.6) is 0 Å². The lowest BCUT2D eigenvalue weighted by Gasteiger charge is -2.33. The Kier molecular flexibility index (Phi) is 8.96. The van der Waals surface area contributed by atoms with Crippen LogP contribution >= 0.6 is 0 Å². The molecular weight excluding hydrogens is 258 g/mol. The molecule has 0 radical (unpaired) electrons. The zero-order valence-corrected chi connectivity index (χ0v) is 13.4. The molecule has 1 atom stereocenters. The van der Waals surface area contributed by atoms with E-state index in [-0.39, 0.29) is 18.6 Å². The van der Waals surface area contributed by atoms with Crippen molar-refractivity contribution in [3.63, 3.8) is 0 Å². The van der Waals surface area contributed by atoms with Gasteiger partial charge in [-0.25, -0.2) is 4.79 Å². The van der Waals surface area contributed by atoms with Crippen molar-refractivity contribution in [1.82, 2.24) is 14.7 Å². The molecule has 0 aromatic carbocycles. The second-order valence-corrected chi connectivity index (χ2v) is 5.30. The van der Waals surface area contributed by atoms with E-state index in [2.05, 4.69) is 4.90 Å².